The number of sulfone groups is 1. The molecule has 0 spiro atoms. The van der Waals surface area contributed by atoms with Gasteiger partial charge in [0.25, 0.3) is 0 Å². The lowest BCUT2D eigenvalue weighted by Gasteiger charge is -2.38. The SMILES string of the molecule is CC1(C)CN(Cc2ccccc2)C/C(=C/c2ccc(S(C)(=O)=O)cc2)C1=O. The molecule has 0 N–H and O–H groups in total. The average molecular weight is 384 g/mol. The molecule has 0 radical (unpaired) electrons. The van der Waals surface area contributed by atoms with E-state index >= 15 is 0 Å². The lowest BCUT2D eigenvalue weighted by atomic mass is 9.79. The molecule has 1 aliphatic heterocycles. The smallest absolute Gasteiger partial charge is 0.175 e. The Morgan fingerprint density at radius 2 is 1.67 bits per heavy atom. The maximum atomic E-state index is 12.9. The van der Waals surface area contributed by atoms with E-state index in [9.17, 15) is 13.2 Å². The van der Waals surface area contributed by atoms with Crippen LogP contribution >= 0.6 is 0 Å². The van der Waals surface area contributed by atoms with Crippen LogP contribution in [0.1, 0.15) is 25.0 Å². The summed E-state index contributed by atoms with van der Waals surface area (Å²) in [7, 11) is -3.22. The number of nitrogens with zero attached hydrogens (tertiary/aromatic N) is 1. The molecular formula is C22H25NO3S. The molecule has 27 heavy (non-hydrogen) atoms. The van der Waals surface area contributed by atoms with Gasteiger partial charge in [0.1, 0.15) is 0 Å². The highest BCUT2D eigenvalue weighted by molar-refractivity contribution is 7.90. The molecule has 142 valence electrons. The van der Waals surface area contributed by atoms with Gasteiger partial charge in [0.2, 0.25) is 0 Å². The number of ketones is 1. The van der Waals surface area contributed by atoms with Crippen molar-refractivity contribution >= 4 is 21.7 Å². The normalized spacial score (nSPS) is 19.4. The van der Waals surface area contributed by atoms with Crippen molar-refractivity contribution in [2.75, 3.05) is 19.3 Å². The van der Waals surface area contributed by atoms with E-state index in [1.807, 2.05) is 38.1 Å². The Hall–Kier alpha value is -2.24. The third-order valence-corrected chi connectivity index (χ3v) is 5.95. The molecule has 0 atom stereocenters. The Morgan fingerprint density at radius 1 is 1.04 bits per heavy atom. The van der Waals surface area contributed by atoms with Crippen molar-refractivity contribution in [2.45, 2.75) is 25.3 Å². The van der Waals surface area contributed by atoms with Crippen LogP contribution < -0.4 is 0 Å². The van der Waals surface area contributed by atoms with Crippen LogP contribution in [0.2, 0.25) is 0 Å². The lowest BCUT2D eigenvalue weighted by molar-refractivity contribution is -0.126. The van der Waals surface area contributed by atoms with Crippen LogP contribution in [-0.4, -0.2) is 38.4 Å². The molecule has 1 aliphatic rings. The van der Waals surface area contributed by atoms with Crippen molar-refractivity contribution in [2.24, 2.45) is 5.41 Å². The zero-order chi connectivity index (χ0) is 19.7. The molecule has 0 saturated carbocycles. The summed E-state index contributed by atoms with van der Waals surface area (Å²) in [6.07, 6.45) is 3.07. The number of piperidine rings is 1. The van der Waals surface area contributed by atoms with Gasteiger partial charge in [-0.05, 0) is 29.3 Å². The molecule has 5 heteroatoms. The number of hydrogen-bond acceptors (Lipinski definition) is 4. The summed E-state index contributed by atoms with van der Waals surface area (Å²) in [6, 6.07) is 16.9. The largest absolute Gasteiger partial charge is 0.294 e. The number of likely N-dealkylation sites (tertiary alicyclic amines) is 1. The van der Waals surface area contributed by atoms with Crippen molar-refractivity contribution in [3.8, 4) is 0 Å². The lowest BCUT2D eigenvalue weighted by Crippen LogP contribution is -2.47. The molecule has 3 rings (SSSR count). The highest BCUT2D eigenvalue weighted by Gasteiger charge is 2.37. The quantitative estimate of drug-likeness (QED) is 0.757. The number of Topliss-reactive ketones (excluding diaryl/α,β-unsaturated/α-hetero) is 1. The second-order valence-corrected chi connectivity index (χ2v) is 9.87. The molecule has 0 amide bonds. The molecule has 2 aromatic carbocycles. The molecule has 1 heterocycles. The molecule has 2 aromatic rings. The van der Waals surface area contributed by atoms with Crippen LogP contribution in [0.3, 0.4) is 0 Å². The second kappa shape index (κ2) is 7.41. The number of carbonyl (C=O) groups is 1. The van der Waals surface area contributed by atoms with E-state index in [0.29, 0.717) is 13.1 Å². The van der Waals surface area contributed by atoms with Crippen molar-refractivity contribution in [1.82, 2.24) is 4.90 Å². The van der Waals surface area contributed by atoms with Gasteiger partial charge < -0.3 is 0 Å². The summed E-state index contributed by atoms with van der Waals surface area (Å²) in [5.74, 6) is 0.152. The summed E-state index contributed by atoms with van der Waals surface area (Å²) in [6.45, 7) is 6.05. The number of rotatable bonds is 4. The zero-order valence-corrected chi connectivity index (χ0v) is 16.8. The van der Waals surface area contributed by atoms with Crippen LogP contribution in [-0.2, 0) is 21.2 Å². The van der Waals surface area contributed by atoms with Crippen molar-refractivity contribution in [3.63, 3.8) is 0 Å². The number of hydrogen-bond donors (Lipinski definition) is 0. The Kier molecular flexibility index (Phi) is 5.36. The molecule has 0 aromatic heterocycles. The molecule has 1 fully saturated rings. The first-order valence-electron chi connectivity index (χ1n) is 8.97. The van der Waals surface area contributed by atoms with E-state index in [4.69, 9.17) is 0 Å². The van der Waals surface area contributed by atoms with Gasteiger partial charge in [0.15, 0.2) is 15.6 Å². The van der Waals surface area contributed by atoms with Gasteiger partial charge in [-0.15, -0.1) is 0 Å². The summed E-state index contributed by atoms with van der Waals surface area (Å²) in [5.41, 5.74) is 2.36. The van der Waals surface area contributed by atoms with Crippen LogP contribution in [0.4, 0.5) is 0 Å². The Bertz CT molecular complexity index is 958. The van der Waals surface area contributed by atoms with Crippen LogP contribution in [0.25, 0.3) is 6.08 Å². The van der Waals surface area contributed by atoms with E-state index in [1.165, 1.54) is 11.8 Å². The minimum Gasteiger partial charge on any atom is -0.294 e. The van der Waals surface area contributed by atoms with E-state index in [-0.39, 0.29) is 10.7 Å². The molecule has 0 aliphatic carbocycles. The monoisotopic (exact) mass is 383 g/mol. The van der Waals surface area contributed by atoms with E-state index in [2.05, 4.69) is 17.0 Å². The topological polar surface area (TPSA) is 54.5 Å². The first kappa shape index (κ1) is 19.5. The van der Waals surface area contributed by atoms with E-state index in [0.717, 1.165) is 17.7 Å². The van der Waals surface area contributed by atoms with Gasteiger partial charge in [0.05, 0.1) is 4.90 Å². The maximum absolute atomic E-state index is 12.9. The Morgan fingerprint density at radius 3 is 2.26 bits per heavy atom. The molecule has 0 unspecified atom stereocenters. The molecular weight excluding hydrogens is 358 g/mol. The summed E-state index contributed by atoms with van der Waals surface area (Å²) >= 11 is 0. The predicted molar refractivity (Wildman–Crippen MR) is 108 cm³/mol. The van der Waals surface area contributed by atoms with Gasteiger partial charge in [-0.25, -0.2) is 8.42 Å². The first-order chi connectivity index (χ1) is 12.6. The predicted octanol–water partition coefficient (Wildman–Crippen LogP) is 3.58. The third-order valence-electron chi connectivity index (χ3n) is 4.82. The highest BCUT2D eigenvalue weighted by Crippen LogP contribution is 2.30. The fourth-order valence-electron chi connectivity index (χ4n) is 3.51. The van der Waals surface area contributed by atoms with Gasteiger partial charge in [0, 0.05) is 36.9 Å². The second-order valence-electron chi connectivity index (χ2n) is 7.85. The molecule has 0 bridgehead atoms. The van der Waals surface area contributed by atoms with Gasteiger partial charge in [-0.1, -0.05) is 56.3 Å². The number of carbonyl (C=O) groups excluding carboxylic acids is 1. The van der Waals surface area contributed by atoms with Crippen LogP contribution in [0.15, 0.2) is 65.1 Å². The number of benzene rings is 2. The third kappa shape index (κ3) is 4.73. The first-order valence-corrected chi connectivity index (χ1v) is 10.9. The average Bonchev–Trinajstić information content (AvgIpc) is 2.59. The van der Waals surface area contributed by atoms with Crippen molar-refractivity contribution < 1.29 is 13.2 Å². The Labute approximate surface area is 161 Å². The molecule has 1 saturated heterocycles. The fourth-order valence-corrected chi connectivity index (χ4v) is 4.14. The van der Waals surface area contributed by atoms with Crippen molar-refractivity contribution in [3.05, 3.63) is 71.3 Å². The Balaban J connectivity index is 1.86. The minimum atomic E-state index is -3.22. The van der Waals surface area contributed by atoms with E-state index < -0.39 is 15.3 Å². The fraction of sp³-hybridized carbons (Fsp3) is 0.318. The summed E-state index contributed by atoms with van der Waals surface area (Å²) in [5, 5.41) is 0. The maximum Gasteiger partial charge on any atom is 0.175 e. The summed E-state index contributed by atoms with van der Waals surface area (Å²) < 4.78 is 23.2. The standard InChI is InChI=1S/C22H25NO3S/c1-22(2)16-23(14-18-7-5-4-6-8-18)15-19(21(22)24)13-17-9-11-20(12-10-17)27(3,25)26/h4-13H,14-16H2,1-3H3/b19-13-. The zero-order valence-electron chi connectivity index (χ0n) is 16.0. The highest BCUT2D eigenvalue weighted by atomic mass is 32.2. The van der Waals surface area contributed by atoms with Gasteiger partial charge in [-0.3, -0.25) is 9.69 Å². The summed E-state index contributed by atoms with van der Waals surface area (Å²) in [4.78, 5) is 15.5. The van der Waals surface area contributed by atoms with E-state index in [1.54, 1.807) is 24.3 Å². The van der Waals surface area contributed by atoms with Crippen LogP contribution in [0.5, 0.6) is 0 Å². The molecule has 4 nitrogen and oxygen atoms in total. The van der Waals surface area contributed by atoms with Crippen LogP contribution in [0, 0.1) is 5.41 Å². The van der Waals surface area contributed by atoms with Crippen molar-refractivity contribution in [1.29, 1.82) is 0 Å². The minimum absolute atomic E-state index is 0.152. The van der Waals surface area contributed by atoms with Gasteiger partial charge >= 0.3 is 0 Å². The van der Waals surface area contributed by atoms with Gasteiger partial charge in [-0.2, -0.15) is 0 Å².